The summed E-state index contributed by atoms with van der Waals surface area (Å²) in [5.41, 5.74) is 1.78. The van der Waals surface area contributed by atoms with E-state index < -0.39 is 0 Å². The van der Waals surface area contributed by atoms with Crippen LogP contribution in [0.1, 0.15) is 11.1 Å². The molecule has 2 aromatic rings. The quantitative estimate of drug-likeness (QED) is 0.350. The van der Waals surface area contributed by atoms with Gasteiger partial charge in [0.25, 0.3) is 0 Å². The van der Waals surface area contributed by atoms with Gasteiger partial charge in [0.2, 0.25) is 0 Å². The van der Waals surface area contributed by atoms with Crippen LogP contribution in [-0.4, -0.2) is 10.7 Å². The monoisotopic (exact) mass is 518 g/mol. The molecule has 0 saturated heterocycles. The molecule has 0 fully saturated rings. The summed E-state index contributed by atoms with van der Waals surface area (Å²) < 4.78 is 5.81. The first-order valence-corrected chi connectivity index (χ1v) is 10.5. The van der Waals surface area contributed by atoms with Gasteiger partial charge in [-0.2, -0.15) is 0 Å². The van der Waals surface area contributed by atoms with Gasteiger partial charge in [-0.05, 0) is 48.2 Å². The summed E-state index contributed by atoms with van der Waals surface area (Å²) in [6.45, 7) is 0. The van der Waals surface area contributed by atoms with E-state index in [1.165, 1.54) is 0 Å². The third-order valence-corrected chi connectivity index (χ3v) is 5.30. The van der Waals surface area contributed by atoms with Crippen LogP contribution in [0, 0.1) is 0 Å². The zero-order chi connectivity index (χ0) is 17.0. The molecule has 2 aromatic carbocycles. The molecule has 0 unspecified atom stereocenters. The van der Waals surface area contributed by atoms with Gasteiger partial charge in [0.1, 0.15) is 11.5 Å². The predicted molar refractivity (Wildman–Crippen MR) is 108 cm³/mol. The minimum atomic E-state index is 0.540. The molecular formula is C16H12Br2Cl4O. The maximum absolute atomic E-state index is 6.27. The summed E-state index contributed by atoms with van der Waals surface area (Å²) in [6, 6.07) is 6.94. The average molecular weight is 522 g/mol. The molecule has 0 aliphatic carbocycles. The summed E-state index contributed by atoms with van der Waals surface area (Å²) >= 11 is 31.8. The van der Waals surface area contributed by atoms with Crippen molar-refractivity contribution < 1.29 is 4.74 Å². The highest BCUT2D eigenvalue weighted by Crippen LogP contribution is 2.36. The second-order valence-electron chi connectivity index (χ2n) is 4.71. The van der Waals surface area contributed by atoms with Crippen LogP contribution >= 0.6 is 78.3 Å². The normalized spacial score (nSPS) is 10.9. The van der Waals surface area contributed by atoms with Crippen molar-refractivity contribution in [2.24, 2.45) is 0 Å². The van der Waals surface area contributed by atoms with Crippen LogP contribution in [-0.2, 0) is 12.8 Å². The molecule has 7 heteroatoms. The van der Waals surface area contributed by atoms with E-state index >= 15 is 0 Å². The fraction of sp³-hybridized carbons (Fsp3) is 0.250. The number of hydrogen-bond acceptors (Lipinski definition) is 1. The third-order valence-electron chi connectivity index (χ3n) is 3.15. The first-order chi connectivity index (χ1) is 11.0. The lowest BCUT2D eigenvalue weighted by molar-refractivity contribution is 0.482. The predicted octanol–water partition coefficient (Wildman–Crippen LogP) is 7.97. The molecule has 0 spiro atoms. The fourth-order valence-corrected chi connectivity index (χ4v) is 4.19. The molecule has 23 heavy (non-hydrogen) atoms. The van der Waals surface area contributed by atoms with Gasteiger partial charge in [-0.25, -0.2) is 0 Å². The Balaban J connectivity index is 2.29. The van der Waals surface area contributed by atoms with E-state index in [0.29, 0.717) is 31.6 Å². The Bertz CT molecular complexity index is 601. The summed E-state index contributed by atoms with van der Waals surface area (Å²) in [7, 11) is 0. The Kier molecular flexibility index (Phi) is 7.84. The van der Waals surface area contributed by atoms with Crippen LogP contribution in [0.2, 0.25) is 20.1 Å². The zero-order valence-electron chi connectivity index (χ0n) is 11.8. The first kappa shape index (κ1) is 19.7. The largest absolute Gasteiger partial charge is 0.457 e. The van der Waals surface area contributed by atoms with Gasteiger partial charge in [-0.1, -0.05) is 78.3 Å². The van der Waals surface area contributed by atoms with Crippen molar-refractivity contribution >= 4 is 78.3 Å². The molecule has 0 heterocycles. The van der Waals surface area contributed by atoms with Crippen LogP contribution in [0.15, 0.2) is 24.3 Å². The van der Waals surface area contributed by atoms with Crippen molar-refractivity contribution in [3.8, 4) is 11.5 Å². The summed E-state index contributed by atoms with van der Waals surface area (Å²) in [5, 5.41) is 3.85. The second-order valence-corrected chi connectivity index (χ2v) is 7.93. The fourth-order valence-electron chi connectivity index (χ4n) is 2.08. The van der Waals surface area contributed by atoms with Crippen molar-refractivity contribution in [2.75, 3.05) is 10.7 Å². The van der Waals surface area contributed by atoms with Crippen molar-refractivity contribution in [2.45, 2.75) is 12.8 Å². The Labute approximate surface area is 172 Å². The van der Waals surface area contributed by atoms with Gasteiger partial charge in [-0.3, -0.25) is 0 Å². The summed E-state index contributed by atoms with van der Waals surface area (Å²) in [6.07, 6.45) is 1.49. The molecule has 0 bridgehead atoms. The van der Waals surface area contributed by atoms with E-state index in [9.17, 15) is 0 Å². The second kappa shape index (κ2) is 9.17. The minimum Gasteiger partial charge on any atom is -0.457 e. The van der Waals surface area contributed by atoms with E-state index in [0.717, 1.165) is 34.6 Å². The first-order valence-electron chi connectivity index (χ1n) is 6.72. The maximum atomic E-state index is 6.27. The van der Waals surface area contributed by atoms with Crippen molar-refractivity contribution in [1.29, 1.82) is 0 Å². The lowest BCUT2D eigenvalue weighted by Gasteiger charge is -2.13. The Morgan fingerprint density at radius 2 is 0.957 bits per heavy atom. The molecule has 0 atom stereocenters. The number of halogens is 6. The number of hydrogen-bond donors (Lipinski definition) is 0. The molecule has 0 amide bonds. The molecule has 0 N–H and O–H groups in total. The Hall–Kier alpha value is 0.360. The zero-order valence-corrected chi connectivity index (χ0v) is 18.0. The number of benzene rings is 2. The van der Waals surface area contributed by atoms with Crippen molar-refractivity contribution in [3.63, 3.8) is 0 Å². The number of ether oxygens (including phenoxy) is 1. The lowest BCUT2D eigenvalue weighted by Crippen LogP contribution is -1.94. The smallest absolute Gasteiger partial charge is 0.130 e. The van der Waals surface area contributed by atoms with Gasteiger partial charge in [0.15, 0.2) is 0 Å². The molecular weight excluding hydrogens is 510 g/mol. The van der Waals surface area contributed by atoms with Crippen LogP contribution in [0.5, 0.6) is 11.5 Å². The molecule has 124 valence electrons. The third kappa shape index (κ3) is 5.17. The highest BCUT2D eigenvalue weighted by molar-refractivity contribution is 9.09. The van der Waals surface area contributed by atoms with Crippen LogP contribution in [0.25, 0.3) is 0 Å². The van der Waals surface area contributed by atoms with E-state index in [1.807, 2.05) is 0 Å². The molecule has 0 radical (unpaired) electrons. The summed E-state index contributed by atoms with van der Waals surface area (Å²) in [4.78, 5) is 0. The minimum absolute atomic E-state index is 0.540. The average Bonchev–Trinajstić information content (AvgIpc) is 2.47. The molecule has 0 aliphatic heterocycles. The van der Waals surface area contributed by atoms with E-state index in [4.69, 9.17) is 51.1 Å². The van der Waals surface area contributed by atoms with Crippen LogP contribution < -0.4 is 4.74 Å². The van der Waals surface area contributed by atoms with Crippen molar-refractivity contribution in [1.82, 2.24) is 0 Å². The SMILES string of the molecule is Clc1cc(Oc2cc(Cl)c(CCBr)c(Cl)c2)cc(Cl)c1CCBr. The van der Waals surface area contributed by atoms with E-state index in [2.05, 4.69) is 31.9 Å². The Morgan fingerprint density at radius 1 is 0.652 bits per heavy atom. The molecule has 0 saturated carbocycles. The van der Waals surface area contributed by atoms with Gasteiger partial charge >= 0.3 is 0 Å². The van der Waals surface area contributed by atoms with Gasteiger partial charge in [-0.15, -0.1) is 0 Å². The molecule has 2 rings (SSSR count). The van der Waals surface area contributed by atoms with E-state index in [1.54, 1.807) is 24.3 Å². The van der Waals surface area contributed by atoms with Crippen LogP contribution in [0.4, 0.5) is 0 Å². The van der Waals surface area contributed by atoms with Gasteiger partial charge in [0.05, 0.1) is 0 Å². The van der Waals surface area contributed by atoms with E-state index in [-0.39, 0.29) is 0 Å². The highest BCUT2D eigenvalue weighted by atomic mass is 79.9. The standard InChI is InChI=1S/C16H12Br2Cl4O/c17-3-1-11-13(19)5-9(6-14(11)20)23-10-7-15(21)12(2-4-18)16(22)8-10/h5-8H,1-4H2. The molecule has 0 aromatic heterocycles. The lowest BCUT2D eigenvalue weighted by atomic mass is 10.1. The topological polar surface area (TPSA) is 9.23 Å². The van der Waals surface area contributed by atoms with Crippen molar-refractivity contribution in [3.05, 3.63) is 55.5 Å². The Morgan fingerprint density at radius 3 is 1.22 bits per heavy atom. The number of rotatable bonds is 6. The highest BCUT2D eigenvalue weighted by Gasteiger charge is 2.12. The number of alkyl halides is 2. The van der Waals surface area contributed by atoms with Crippen LogP contribution in [0.3, 0.4) is 0 Å². The van der Waals surface area contributed by atoms with Gasteiger partial charge in [0, 0.05) is 30.8 Å². The molecule has 0 aliphatic rings. The molecule has 1 nitrogen and oxygen atoms in total. The summed E-state index contributed by atoms with van der Waals surface area (Å²) in [5.74, 6) is 1.08. The van der Waals surface area contributed by atoms with Gasteiger partial charge < -0.3 is 4.74 Å². The maximum Gasteiger partial charge on any atom is 0.130 e.